The second-order valence-corrected chi connectivity index (χ2v) is 9.94. The monoisotopic (exact) mass is 489 g/mol. The summed E-state index contributed by atoms with van der Waals surface area (Å²) in [5.41, 5.74) is 0.536. The van der Waals surface area contributed by atoms with Gasteiger partial charge in [-0.1, -0.05) is 6.07 Å². The zero-order valence-electron chi connectivity index (χ0n) is 19.0. The van der Waals surface area contributed by atoms with Crippen LogP contribution in [0.3, 0.4) is 0 Å². The third-order valence-electron chi connectivity index (χ3n) is 5.72. The number of amides is 2. The van der Waals surface area contributed by atoms with Crippen molar-refractivity contribution in [3.8, 4) is 17.2 Å². The number of benzene rings is 2. The van der Waals surface area contributed by atoms with Gasteiger partial charge in [0.2, 0.25) is 21.8 Å². The summed E-state index contributed by atoms with van der Waals surface area (Å²) in [6.07, 6.45) is 0.925. The van der Waals surface area contributed by atoms with Crippen molar-refractivity contribution >= 4 is 27.5 Å². The molecule has 2 aromatic rings. The number of carbonyl (C=O) groups excluding carboxylic acids is 2. The van der Waals surface area contributed by atoms with Crippen LogP contribution in [-0.4, -0.2) is 75.9 Å². The SMILES string of the molecule is COc1cccc(NC(=O)CN(C)C(=O)C2CCCN2S(=O)(=O)c2ccc3c(c2)OCCO3)c1. The highest BCUT2D eigenvalue weighted by atomic mass is 32.2. The second-order valence-electron chi connectivity index (χ2n) is 8.05. The summed E-state index contributed by atoms with van der Waals surface area (Å²) in [7, 11) is -0.934. The Kier molecular flexibility index (Phi) is 6.94. The van der Waals surface area contributed by atoms with Crippen molar-refractivity contribution in [2.24, 2.45) is 0 Å². The topological polar surface area (TPSA) is 114 Å². The smallest absolute Gasteiger partial charge is 0.243 e. The summed E-state index contributed by atoms with van der Waals surface area (Å²) in [5, 5.41) is 2.72. The predicted octanol–water partition coefficient (Wildman–Crippen LogP) is 1.72. The van der Waals surface area contributed by atoms with Crippen molar-refractivity contribution in [3.63, 3.8) is 0 Å². The largest absolute Gasteiger partial charge is 0.497 e. The van der Waals surface area contributed by atoms with Gasteiger partial charge in [0.25, 0.3) is 0 Å². The number of nitrogens with one attached hydrogen (secondary N) is 1. The van der Waals surface area contributed by atoms with E-state index in [-0.39, 0.29) is 18.0 Å². The van der Waals surface area contributed by atoms with E-state index in [0.717, 1.165) is 0 Å². The Bertz CT molecular complexity index is 1180. The third-order valence-corrected chi connectivity index (χ3v) is 7.62. The number of carbonyl (C=O) groups is 2. The van der Waals surface area contributed by atoms with Gasteiger partial charge >= 0.3 is 0 Å². The molecule has 0 aliphatic carbocycles. The summed E-state index contributed by atoms with van der Waals surface area (Å²) >= 11 is 0. The molecule has 2 aliphatic rings. The molecular weight excluding hydrogens is 462 g/mol. The van der Waals surface area contributed by atoms with Crippen LogP contribution >= 0.6 is 0 Å². The molecule has 1 fully saturated rings. The van der Waals surface area contributed by atoms with E-state index in [1.54, 1.807) is 30.3 Å². The molecule has 2 aromatic carbocycles. The molecule has 34 heavy (non-hydrogen) atoms. The summed E-state index contributed by atoms with van der Waals surface area (Å²) in [5.74, 6) is 0.609. The molecule has 1 saturated heterocycles. The van der Waals surface area contributed by atoms with Gasteiger partial charge < -0.3 is 24.4 Å². The molecule has 11 heteroatoms. The second kappa shape index (κ2) is 9.90. The molecule has 10 nitrogen and oxygen atoms in total. The van der Waals surface area contributed by atoms with Crippen LogP contribution in [-0.2, 0) is 19.6 Å². The molecule has 182 valence electrons. The van der Waals surface area contributed by atoms with E-state index >= 15 is 0 Å². The molecule has 2 aliphatic heterocycles. The van der Waals surface area contributed by atoms with Crippen LogP contribution in [0.4, 0.5) is 5.69 Å². The molecule has 0 saturated carbocycles. The minimum Gasteiger partial charge on any atom is -0.497 e. The number of methoxy groups -OCH3 is 1. The van der Waals surface area contributed by atoms with Gasteiger partial charge in [0.05, 0.1) is 18.6 Å². The van der Waals surface area contributed by atoms with E-state index in [2.05, 4.69) is 5.32 Å². The first kappa shape index (κ1) is 23.8. The minimum absolute atomic E-state index is 0.0369. The van der Waals surface area contributed by atoms with Crippen molar-refractivity contribution < 1.29 is 32.2 Å². The van der Waals surface area contributed by atoms with Crippen LogP contribution in [0.2, 0.25) is 0 Å². The minimum atomic E-state index is -3.95. The summed E-state index contributed by atoms with van der Waals surface area (Å²) in [6.45, 7) is 0.741. The fourth-order valence-electron chi connectivity index (χ4n) is 4.04. The first-order valence-corrected chi connectivity index (χ1v) is 12.3. The lowest BCUT2D eigenvalue weighted by Gasteiger charge is -2.27. The predicted molar refractivity (Wildman–Crippen MR) is 124 cm³/mol. The number of hydrogen-bond donors (Lipinski definition) is 1. The summed E-state index contributed by atoms with van der Waals surface area (Å²) < 4.78 is 44.0. The van der Waals surface area contributed by atoms with Crippen molar-refractivity contribution in [1.29, 1.82) is 0 Å². The Labute approximate surface area is 198 Å². The van der Waals surface area contributed by atoms with Gasteiger partial charge in [-0.2, -0.15) is 4.31 Å². The molecule has 0 bridgehead atoms. The number of sulfonamides is 1. The zero-order chi connectivity index (χ0) is 24.3. The van der Waals surface area contributed by atoms with Crippen LogP contribution < -0.4 is 19.5 Å². The van der Waals surface area contributed by atoms with Crippen LogP contribution in [0.5, 0.6) is 17.2 Å². The highest BCUT2D eigenvalue weighted by molar-refractivity contribution is 7.89. The van der Waals surface area contributed by atoms with E-state index < -0.39 is 27.9 Å². The fourth-order valence-corrected chi connectivity index (χ4v) is 5.71. The first-order valence-electron chi connectivity index (χ1n) is 10.9. The highest BCUT2D eigenvalue weighted by Gasteiger charge is 2.41. The van der Waals surface area contributed by atoms with Gasteiger partial charge in [-0.05, 0) is 37.1 Å². The molecule has 4 rings (SSSR count). The van der Waals surface area contributed by atoms with Crippen LogP contribution in [0.15, 0.2) is 47.4 Å². The average Bonchev–Trinajstić information content (AvgIpc) is 3.34. The van der Waals surface area contributed by atoms with E-state index in [1.807, 2.05) is 0 Å². The lowest BCUT2D eigenvalue weighted by atomic mass is 10.2. The highest BCUT2D eigenvalue weighted by Crippen LogP contribution is 2.35. The van der Waals surface area contributed by atoms with Gasteiger partial charge in [-0.3, -0.25) is 9.59 Å². The van der Waals surface area contributed by atoms with E-state index in [1.165, 1.54) is 35.5 Å². The molecule has 1 atom stereocenters. The van der Waals surface area contributed by atoms with Crippen molar-refractivity contribution in [2.45, 2.75) is 23.8 Å². The summed E-state index contributed by atoms with van der Waals surface area (Å²) in [6, 6.07) is 10.4. The van der Waals surface area contributed by atoms with E-state index in [0.29, 0.717) is 49.0 Å². The normalized spacial score (nSPS) is 17.8. The van der Waals surface area contributed by atoms with Gasteiger partial charge in [-0.15, -0.1) is 0 Å². The molecule has 0 aromatic heterocycles. The Morgan fingerprint density at radius 2 is 1.91 bits per heavy atom. The lowest BCUT2D eigenvalue weighted by molar-refractivity contribution is -0.136. The molecule has 1 unspecified atom stereocenters. The zero-order valence-corrected chi connectivity index (χ0v) is 19.8. The number of anilines is 1. The number of nitrogens with zero attached hydrogens (tertiary/aromatic N) is 2. The van der Waals surface area contributed by atoms with Crippen LogP contribution in [0, 0.1) is 0 Å². The third kappa shape index (κ3) is 4.95. The Morgan fingerprint density at radius 3 is 2.68 bits per heavy atom. The number of hydrogen-bond acceptors (Lipinski definition) is 7. The van der Waals surface area contributed by atoms with Gasteiger partial charge in [0.1, 0.15) is 25.0 Å². The van der Waals surface area contributed by atoms with E-state index in [9.17, 15) is 18.0 Å². The molecule has 1 N–H and O–H groups in total. The quantitative estimate of drug-likeness (QED) is 0.630. The molecule has 0 radical (unpaired) electrons. The van der Waals surface area contributed by atoms with Gasteiger partial charge in [-0.25, -0.2) is 8.42 Å². The van der Waals surface area contributed by atoms with E-state index in [4.69, 9.17) is 14.2 Å². The number of fused-ring (bicyclic) bond motifs is 1. The summed E-state index contributed by atoms with van der Waals surface area (Å²) in [4.78, 5) is 26.9. The standard InChI is InChI=1S/C23H27N3O7S/c1-25(15-22(27)24-16-5-3-6-17(13-16)31-2)23(28)19-7-4-10-26(19)34(29,30)18-8-9-20-21(14-18)33-12-11-32-20/h3,5-6,8-9,13-14,19H,4,7,10-12,15H2,1-2H3,(H,24,27). The van der Waals surface area contributed by atoms with Crippen molar-refractivity contribution in [3.05, 3.63) is 42.5 Å². The number of likely N-dealkylation sites (N-methyl/N-ethyl adjacent to an activating group) is 1. The van der Waals surface area contributed by atoms with Crippen molar-refractivity contribution in [1.82, 2.24) is 9.21 Å². The van der Waals surface area contributed by atoms with Crippen LogP contribution in [0.1, 0.15) is 12.8 Å². The van der Waals surface area contributed by atoms with Crippen LogP contribution in [0.25, 0.3) is 0 Å². The molecule has 0 spiro atoms. The maximum absolute atomic E-state index is 13.3. The average molecular weight is 490 g/mol. The molecule has 2 heterocycles. The fraction of sp³-hybridized carbons (Fsp3) is 0.391. The lowest BCUT2D eigenvalue weighted by Crippen LogP contribution is -2.48. The van der Waals surface area contributed by atoms with Crippen molar-refractivity contribution in [2.75, 3.05) is 45.8 Å². The molecular formula is C23H27N3O7S. The Balaban J connectivity index is 1.44. The van der Waals surface area contributed by atoms with Gasteiger partial charge in [0.15, 0.2) is 11.5 Å². The maximum Gasteiger partial charge on any atom is 0.243 e. The number of rotatable bonds is 7. The first-order chi connectivity index (χ1) is 16.3. The Morgan fingerprint density at radius 1 is 1.15 bits per heavy atom. The molecule has 2 amide bonds. The maximum atomic E-state index is 13.3. The number of ether oxygens (including phenoxy) is 3. The van der Waals surface area contributed by atoms with Gasteiger partial charge in [0, 0.05) is 31.4 Å². The Hall–Kier alpha value is -3.31.